The third-order valence-corrected chi connectivity index (χ3v) is 2.81. The minimum absolute atomic E-state index is 0.322. The lowest BCUT2D eigenvalue weighted by Gasteiger charge is -2.02. The van der Waals surface area contributed by atoms with Crippen molar-refractivity contribution in [1.29, 1.82) is 0 Å². The predicted molar refractivity (Wildman–Crippen MR) is 72.2 cm³/mol. The van der Waals surface area contributed by atoms with Crippen LogP contribution in [0.1, 0.15) is 17.3 Å². The Morgan fingerprint density at radius 2 is 2.05 bits per heavy atom. The topological polar surface area (TPSA) is 69.4 Å². The lowest BCUT2D eigenvalue weighted by Crippen LogP contribution is -2.03. The maximum Gasteiger partial charge on any atom is 0.338 e. The Bertz CT molecular complexity index is 716. The van der Waals surface area contributed by atoms with Gasteiger partial charge in [-0.3, -0.25) is 0 Å². The Morgan fingerprint density at radius 1 is 1.25 bits per heavy atom. The van der Waals surface area contributed by atoms with Crippen molar-refractivity contribution >= 4 is 11.7 Å². The summed E-state index contributed by atoms with van der Waals surface area (Å²) in [5.74, 6) is 0.217. The number of hydrogen-bond acceptors (Lipinski definition) is 5. The smallest absolute Gasteiger partial charge is 0.338 e. The van der Waals surface area contributed by atoms with Gasteiger partial charge in [-0.15, -0.1) is 0 Å². The molecular formula is C14H12N4O2. The Balaban J connectivity index is 1.92. The van der Waals surface area contributed by atoms with Gasteiger partial charge in [-0.1, -0.05) is 12.1 Å². The van der Waals surface area contributed by atoms with Crippen LogP contribution in [0.2, 0.25) is 0 Å². The molecule has 2 aromatic heterocycles. The molecule has 3 aromatic rings. The molecule has 3 rings (SSSR count). The lowest BCUT2D eigenvalue weighted by atomic mass is 10.1. The van der Waals surface area contributed by atoms with Gasteiger partial charge in [-0.2, -0.15) is 5.10 Å². The molecule has 20 heavy (non-hydrogen) atoms. The van der Waals surface area contributed by atoms with Crippen molar-refractivity contribution in [3.63, 3.8) is 0 Å². The molecule has 6 nitrogen and oxygen atoms in total. The molecule has 6 heteroatoms. The third-order valence-electron chi connectivity index (χ3n) is 2.81. The SMILES string of the molecule is CCOC(=O)c1ccc(-c2cn3nccnc3n2)cc1. The highest BCUT2D eigenvalue weighted by Gasteiger charge is 2.08. The number of hydrogen-bond donors (Lipinski definition) is 0. The largest absolute Gasteiger partial charge is 0.462 e. The number of esters is 1. The number of imidazole rings is 1. The van der Waals surface area contributed by atoms with Crippen molar-refractivity contribution in [1.82, 2.24) is 19.6 Å². The van der Waals surface area contributed by atoms with Crippen molar-refractivity contribution < 1.29 is 9.53 Å². The van der Waals surface area contributed by atoms with Crippen molar-refractivity contribution in [2.45, 2.75) is 6.92 Å². The number of nitrogens with zero attached hydrogens (tertiary/aromatic N) is 4. The zero-order chi connectivity index (χ0) is 13.9. The van der Waals surface area contributed by atoms with Gasteiger partial charge in [0, 0.05) is 5.56 Å². The van der Waals surface area contributed by atoms with Crippen LogP contribution in [0.15, 0.2) is 42.9 Å². The molecule has 0 aliphatic rings. The van der Waals surface area contributed by atoms with Crippen LogP contribution in [0, 0.1) is 0 Å². The van der Waals surface area contributed by atoms with Crippen LogP contribution in [0.3, 0.4) is 0 Å². The van der Waals surface area contributed by atoms with Gasteiger partial charge >= 0.3 is 5.97 Å². The van der Waals surface area contributed by atoms with E-state index in [4.69, 9.17) is 4.74 Å². The zero-order valence-corrected chi connectivity index (χ0v) is 10.9. The second-order valence-corrected chi connectivity index (χ2v) is 4.11. The molecule has 100 valence electrons. The van der Waals surface area contributed by atoms with Gasteiger partial charge in [0.05, 0.1) is 36.5 Å². The molecule has 0 amide bonds. The predicted octanol–water partition coefficient (Wildman–Crippen LogP) is 1.97. The van der Waals surface area contributed by atoms with Gasteiger partial charge in [0.1, 0.15) is 0 Å². The first-order valence-electron chi connectivity index (χ1n) is 6.22. The quantitative estimate of drug-likeness (QED) is 0.679. The second kappa shape index (κ2) is 5.08. The molecule has 0 radical (unpaired) electrons. The van der Waals surface area contributed by atoms with Crippen LogP contribution >= 0.6 is 0 Å². The van der Waals surface area contributed by atoms with Crippen molar-refractivity contribution in [3.05, 3.63) is 48.4 Å². The molecule has 0 aliphatic heterocycles. The van der Waals surface area contributed by atoms with Crippen LogP contribution in [0.5, 0.6) is 0 Å². The number of rotatable bonds is 3. The number of carbonyl (C=O) groups is 1. The summed E-state index contributed by atoms with van der Waals surface area (Å²) < 4.78 is 6.55. The monoisotopic (exact) mass is 268 g/mol. The van der Waals surface area contributed by atoms with E-state index in [1.54, 1.807) is 42.2 Å². The average molecular weight is 268 g/mol. The van der Waals surface area contributed by atoms with E-state index in [1.807, 2.05) is 12.1 Å². The summed E-state index contributed by atoms with van der Waals surface area (Å²) in [7, 11) is 0. The molecule has 0 N–H and O–H groups in total. The number of benzene rings is 1. The van der Waals surface area contributed by atoms with E-state index in [0.717, 1.165) is 11.3 Å². The highest BCUT2D eigenvalue weighted by atomic mass is 16.5. The molecular weight excluding hydrogens is 256 g/mol. The Hall–Kier alpha value is -2.76. The Labute approximate surface area is 115 Å². The summed E-state index contributed by atoms with van der Waals surface area (Å²) in [4.78, 5) is 20.1. The third kappa shape index (κ3) is 2.23. The van der Waals surface area contributed by atoms with Crippen molar-refractivity contribution in [2.24, 2.45) is 0 Å². The summed E-state index contributed by atoms with van der Waals surface area (Å²) in [5.41, 5.74) is 2.17. The van der Waals surface area contributed by atoms with Crippen LogP contribution in [-0.4, -0.2) is 32.2 Å². The van der Waals surface area contributed by atoms with E-state index in [0.29, 0.717) is 17.9 Å². The van der Waals surface area contributed by atoms with E-state index in [1.165, 1.54) is 0 Å². The zero-order valence-electron chi connectivity index (χ0n) is 10.9. The van der Waals surface area contributed by atoms with Gasteiger partial charge in [0.15, 0.2) is 0 Å². The molecule has 0 saturated carbocycles. The first kappa shape index (κ1) is 12.3. The van der Waals surface area contributed by atoms with Gasteiger partial charge in [0.25, 0.3) is 5.78 Å². The van der Waals surface area contributed by atoms with Crippen molar-refractivity contribution in [2.75, 3.05) is 6.61 Å². The van der Waals surface area contributed by atoms with E-state index in [2.05, 4.69) is 15.1 Å². The maximum atomic E-state index is 11.6. The van der Waals surface area contributed by atoms with Crippen molar-refractivity contribution in [3.8, 4) is 11.3 Å². The summed E-state index contributed by atoms with van der Waals surface area (Å²) in [6.07, 6.45) is 4.99. The van der Waals surface area contributed by atoms with Gasteiger partial charge in [-0.25, -0.2) is 19.3 Å². The maximum absolute atomic E-state index is 11.6. The number of ether oxygens (including phenoxy) is 1. The minimum atomic E-state index is -0.322. The first-order chi connectivity index (χ1) is 9.78. The summed E-state index contributed by atoms with van der Waals surface area (Å²) in [5, 5.41) is 4.12. The van der Waals surface area contributed by atoms with Gasteiger partial charge in [-0.05, 0) is 19.1 Å². The van der Waals surface area contributed by atoms with E-state index in [9.17, 15) is 4.79 Å². The molecule has 0 spiro atoms. The molecule has 1 aromatic carbocycles. The molecule has 0 aliphatic carbocycles. The molecule has 0 fully saturated rings. The standard InChI is InChI=1S/C14H12N4O2/c1-2-20-13(19)11-5-3-10(4-6-11)12-9-18-14(17-12)15-7-8-16-18/h3-9H,2H2,1H3. The second-order valence-electron chi connectivity index (χ2n) is 4.11. The van der Waals surface area contributed by atoms with Crippen LogP contribution in [0.25, 0.3) is 17.0 Å². The highest BCUT2D eigenvalue weighted by molar-refractivity contribution is 5.90. The van der Waals surface area contributed by atoms with Crippen LogP contribution in [0.4, 0.5) is 0 Å². The summed E-state index contributed by atoms with van der Waals surface area (Å²) >= 11 is 0. The molecule has 0 atom stereocenters. The fraction of sp³-hybridized carbons (Fsp3) is 0.143. The summed E-state index contributed by atoms with van der Waals surface area (Å²) in [6.45, 7) is 2.15. The Kier molecular flexibility index (Phi) is 3.12. The van der Waals surface area contributed by atoms with E-state index in [-0.39, 0.29) is 5.97 Å². The fourth-order valence-electron chi connectivity index (χ4n) is 1.87. The molecule has 2 heterocycles. The molecule has 0 bridgehead atoms. The number of aromatic nitrogens is 4. The number of fused-ring (bicyclic) bond motifs is 1. The number of carbonyl (C=O) groups excluding carboxylic acids is 1. The van der Waals surface area contributed by atoms with E-state index < -0.39 is 0 Å². The summed E-state index contributed by atoms with van der Waals surface area (Å²) in [6, 6.07) is 7.10. The lowest BCUT2D eigenvalue weighted by molar-refractivity contribution is 0.0526. The van der Waals surface area contributed by atoms with Crippen LogP contribution < -0.4 is 0 Å². The minimum Gasteiger partial charge on any atom is -0.462 e. The van der Waals surface area contributed by atoms with Gasteiger partial charge < -0.3 is 4.74 Å². The highest BCUT2D eigenvalue weighted by Crippen LogP contribution is 2.18. The molecule has 0 saturated heterocycles. The Morgan fingerprint density at radius 3 is 2.75 bits per heavy atom. The molecule has 0 unspecified atom stereocenters. The van der Waals surface area contributed by atoms with E-state index >= 15 is 0 Å². The fourth-order valence-corrected chi connectivity index (χ4v) is 1.87. The van der Waals surface area contributed by atoms with Gasteiger partial charge in [0.2, 0.25) is 0 Å². The average Bonchev–Trinajstić information content (AvgIpc) is 2.91. The normalized spacial score (nSPS) is 10.7. The first-order valence-corrected chi connectivity index (χ1v) is 6.22. The van der Waals surface area contributed by atoms with Crippen LogP contribution in [-0.2, 0) is 4.74 Å².